The van der Waals surface area contributed by atoms with Gasteiger partial charge in [-0.2, -0.15) is 10.1 Å². The number of nitrogens with zero attached hydrogens (tertiary/aromatic N) is 2. The average molecular weight is 193 g/mol. The van der Waals surface area contributed by atoms with Crippen LogP contribution in [0.3, 0.4) is 0 Å². The summed E-state index contributed by atoms with van der Waals surface area (Å²) in [5, 5.41) is 10.4. The number of amidine groups is 1. The van der Waals surface area contributed by atoms with Crippen LogP contribution >= 0.6 is 0 Å². The molecule has 0 fully saturated rings. The zero-order valence-electron chi connectivity index (χ0n) is 7.74. The van der Waals surface area contributed by atoms with Crippen LogP contribution in [0.1, 0.15) is 11.5 Å². The molecule has 4 N–H and O–H groups in total. The maximum Gasteiger partial charge on any atom is 0.214 e. The molecule has 0 aliphatic carbocycles. The van der Waals surface area contributed by atoms with Crippen LogP contribution in [-0.2, 0) is 0 Å². The Balaban J connectivity index is 2.99. The van der Waals surface area contributed by atoms with Crippen molar-refractivity contribution in [3.8, 4) is 0 Å². The number of aryl methyl sites for hydroxylation is 1. The highest BCUT2D eigenvalue weighted by molar-refractivity contribution is 6.03. The highest BCUT2D eigenvalue weighted by atomic mass is 16.3. The van der Waals surface area contributed by atoms with Crippen LogP contribution in [0.2, 0.25) is 0 Å². The molecule has 0 amide bonds. The van der Waals surface area contributed by atoms with Crippen LogP contribution in [-0.4, -0.2) is 18.5 Å². The second kappa shape index (κ2) is 4.22. The molecule has 14 heavy (non-hydrogen) atoms. The summed E-state index contributed by atoms with van der Waals surface area (Å²) in [7, 11) is 0. The molecule has 1 aromatic heterocycles. The van der Waals surface area contributed by atoms with Gasteiger partial charge in [-0.15, -0.1) is 0 Å². The van der Waals surface area contributed by atoms with Gasteiger partial charge in [0.1, 0.15) is 5.76 Å². The summed E-state index contributed by atoms with van der Waals surface area (Å²) in [4.78, 5) is 3.69. The van der Waals surface area contributed by atoms with E-state index in [9.17, 15) is 0 Å². The number of rotatable bonds is 2. The molecular formula is C8H11N5O. The molecule has 0 saturated heterocycles. The fraction of sp³-hybridized carbons (Fsp3) is 0.125. The first-order valence-corrected chi connectivity index (χ1v) is 3.84. The summed E-state index contributed by atoms with van der Waals surface area (Å²) < 4.78 is 5.27. The molecule has 0 spiro atoms. The lowest BCUT2D eigenvalue weighted by Crippen LogP contribution is -2.21. The van der Waals surface area contributed by atoms with Crippen molar-refractivity contribution in [3.05, 3.63) is 23.7 Å². The van der Waals surface area contributed by atoms with Gasteiger partial charge in [-0.25, -0.2) is 0 Å². The van der Waals surface area contributed by atoms with Crippen molar-refractivity contribution in [2.75, 3.05) is 0 Å². The highest BCUT2D eigenvalue weighted by Gasteiger charge is 2.07. The van der Waals surface area contributed by atoms with Crippen LogP contribution in [0.5, 0.6) is 0 Å². The zero-order valence-corrected chi connectivity index (χ0v) is 7.74. The Hall–Kier alpha value is -2.11. The topological polar surface area (TPSA) is 99.8 Å². The van der Waals surface area contributed by atoms with E-state index >= 15 is 0 Å². The van der Waals surface area contributed by atoms with Gasteiger partial charge in [0.05, 0.1) is 0 Å². The van der Waals surface area contributed by atoms with Crippen molar-refractivity contribution in [1.29, 1.82) is 5.41 Å². The van der Waals surface area contributed by atoms with Crippen LogP contribution in [0.25, 0.3) is 0 Å². The second-order valence-corrected chi connectivity index (χ2v) is 2.53. The highest BCUT2D eigenvalue weighted by Crippen LogP contribution is 2.06. The minimum atomic E-state index is -0.329. The first-order valence-electron chi connectivity index (χ1n) is 3.84. The van der Waals surface area contributed by atoms with Crippen LogP contribution in [0.4, 0.5) is 0 Å². The van der Waals surface area contributed by atoms with E-state index in [0.29, 0.717) is 5.76 Å². The Labute approximate surface area is 81.0 Å². The Morgan fingerprint density at radius 3 is 2.79 bits per heavy atom. The molecule has 1 rings (SSSR count). The Bertz CT molecular complexity index is 379. The van der Waals surface area contributed by atoms with Crippen LogP contribution in [0, 0.1) is 12.3 Å². The van der Waals surface area contributed by atoms with Crippen molar-refractivity contribution >= 4 is 18.5 Å². The van der Waals surface area contributed by atoms with Crippen molar-refractivity contribution in [2.45, 2.75) is 6.92 Å². The normalized spacial score (nSPS) is 11.1. The number of hydrazone groups is 1. The molecule has 0 bridgehead atoms. The molecule has 0 unspecified atom stereocenters. The molecule has 0 saturated carbocycles. The molecule has 1 heterocycles. The van der Waals surface area contributed by atoms with Gasteiger partial charge in [0.2, 0.25) is 5.96 Å². The van der Waals surface area contributed by atoms with Gasteiger partial charge in [-0.1, -0.05) is 0 Å². The third kappa shape index (κ3) is 2.44. The molecule has 6 heteroatoms. The molecule has 6 nitrogen and oxygen atoms in total. The monoisotopic (exact) mass is 193 g/mol. The Morgan fingerprint density at radius 2 is 2.36 bits per heavy atom. The van der Waals surface area contributed by atoms with Gasteiger partial charge in [0.25, 0.3) is 0 Å². The van der Waals surface area contributed by atoms with E-state index in [1.54, 1.807) is 19.1 Å². The lowest BCUT2D eigenvalue weighted by atomic mass is 10.4. The quantitative estimate of drug-likeness (QED) is 0.361. The lowest BCUT2D eigenvalue weighted by Gasteiger charge is -2.00. The fourth-order valence-corrected chi connectivity index (χ4v) is 0.892. The van der Waals surface area contributed by atoms with Gasteiger partial charge in [0.15, 0.2) is 11.6 Å². The average Bonchev–Trinajstić information content (AvgIpc) is 2.50. The van der Waals surface area contributed by atoms with Crippen molar-refractivity contribution in [1.82, 2.24) is 5.43 Å². The smallest absolute Gasteiger partial charge is 0.214 e. The summed E-state index contributed by atoms with van der Waals surface area (Å²) in [6.07, 6.45) is 0. The van der Waals surface area contributed by atoms with Crippen molar-refractivity contribution < 1.29 is 4.42 Å². The molecule has 0 aliphatic heterocycles. The number of aliphatic imine (C=N–C) groups is 1. The molecule has 1 aromatic rings. The predicted molar refractivity (Wildman–Crippen MR) is 54.6 cm³/mol. The first kappa shape index (κ1) is 9.97. The van der Waals surface area contributed by atoms with Gasteiger partial charge >= 0.3 is 0 Å². The fourth-order valence-electron chi connectivity index (χ4n) is 0.892. The molecule has 0 radical (unpaired) electrons. The third-order valence-electron chi connectivity index (χ3n) is 1.39. The number of guanidine groups is 1. The van der Waals surface area contributed by atoms with E-state index in [-0.39, 0.29) is 11.8 Å². The summed E-state index contributed by atoms with van der Waals surface area (Å²) in [5.41, 5.74) is 7.61. The van der Waals surface area contributed by atoms with Crippen molar-refractivity contribution in [3.63, 3.8) is 0 Å². The molecular weight excluding hydrogens is 182 g/mol. The molecule has 0 atom stereocenters. The molecule has 0 aromatic carbocycles. The SMILES string of the molecule is C=NN/C(=N\C(=N)N)c1ccc(C)o1. The maximum absolute atomic E-state index is 7.01. The van der Waals surface area contributed by atoms with Gasteiger partial charge < -0.3 is 10.2 Å². The number of nitrogens with one attached hydrogen (secondary N) is 2. The van der Waals surface area contributed by atoms with Crippen LogP contribution in [0.15, 0.2) is 26.6 Å². The summed E-state index contributed by atoms with van der Waals surface area (Å²) in [6.45, 7) is 5.05. The standard InChI is InChI=1S/C8H11N5O/c1-5-3-4-6(14-5)7(13-11-2)12-8(9)10/h3-4H,2H2,1H3,(H4,9,10,12,13). The van der Waals surface area contributed by atoms with Crippen molar-refractivity contribution in [2.24, 2.45) is 15.8 Å². The van der Waals surface area contributed by atoms with E-state index < -0.39 is 0 Å². The maximum atomic E-state index is 7.01. The van der Waals surface area contributed by atoms with Crippen LogP contribution < -0.4 is 11.2 Å². The first-order chi connectivity index (χ1) is 6.63. The lowest BCUT2D eigenvalue weighted by molar-refractivity contribution is 0.522. The summed E-state index contributed by atoms with van der Waals surface area (Å²) in [5.74, 6) is 1.14. The number of hydrogen-bond donors (Lipinski definition) is 3. The van der Waals surface area contributed by atoms with E-state index in [4.69, 9.17) is 15.6 Å². The zero-order chi connectivity index (χ0) is 10.6. The minimum absolute atomic E-state index is 0.264. The van der Waals surface area contributed by atoms with Gasteiger partial charge in [-0.05, 0) is 19.1 Å². The van der Waals surface area contributed by atoms with Gasteiger partial charge in [-0.3, -0.25) is 10.8 Å². The van der Waals surface area contributed by atoms with E-state index in [1.165, 1.54) is 0 Å². The molecule has 74 valence electrons. The number of hydrogen-bond acceptors (Lipinski definition) is 3. The third-order valence-corrected chi connectivity index (χ3v) is 1.39. The largest absolute Gasteiger partial charge is 0.458 e. The van der Waals surface area contributed by atoms with Gasteiger partial charge in [0, 0.05) is 6.72 Å². The number of furan rings is 1. The summed E-state index contributed by atoms with van der Waals surface area (Å²) in [6, 6.07) is 3.48. The number of nitrogens with two attached hydrogens (primary N) is 1. The molecule has 0 aliphatic rings. The second-order valence-electron chi connectivity index (χ2n) is 2.53. The summed E-state index contributed by atoms with van der Waals surface area (Å²) >= 11 is 0. The minimum Gasteiger partial charge on any atom is -0.458 e. The Morgan fingerprint density at radius 1 is 1.64 bits per heavy atom. The van der Waals surface area contributed by atoms with E-state index in [2.05, 4.69) is 22.2 Å². The van der Waals surface area contributed by atoms with E-state index in [0.717, 1.165) is 5.76 Å². The predicted octanol–water partition coefficient (Wildman–Crippen LogP) is 0.433. The Kier molecular flexibility index (Phi) is 3.01. The van der Waals surface area contributed by atoms with E-state index in [1.807, 2.05) is 0 Å².